The molecule has 2 rings (SSSR count). The summed E-state index contributed by atoms with van der Waals surface area (Å²) in [7, 11) is 1.80. The van der Waals surface area contributed by atoms with Gasteiger partial charge >= 0.3 is 0 Å². The van der Waals surface area contributed by atoms with Gasteiger partial charge in [-0.15, -0.1) is 0 Å². The molecular formula is C21H33N3O2. The molecule has 0 spiro atoms. The molecule has 0 bridgehead atoms. The highest BCUT2D eigenvalue weighted by Crippen LogP contribution is 2.26. The molecule has 0 aromatic heterocycles. The van der Waals surface area contributed by atoms with Crippen molar-refractivity contribution < 1.29 is 9.59 Å². The largest absolute Gasteiger partial charge is 0.348 e. The third-order valence-corrected chi connectivity index (χ3v) is 5.30. The summed E-state index contributed by atoms with van der Waals surface area (Å²) in [6.07, 6.45) is 6.05. The molecule has 26 heavy (non-hydrogen) atoms. The predicted molar refractivity (Wildman–Crippen MR) is 105 cm³/mol. The van der Waals surface area contributed by atoms with E-state index >= 15 is 0 Å². The molecule has 1 unspecified atom stereocenters. The SMILES string of the molecule is CC(C)C(=O)N(C)Cc1ccc(C(=O)NC(CN)C2CCCCC2)cc1. The first-order valence-corrected chi connectivity index (χ1v) is 9.77. The van der Waals surface area contributed by atoms with Gasteiger partial charge in [0.1, 0.15) is 0 Å². The molecule has 3 N–H and O–H groups in total. The fourth-order valence-corrected chi connectivity index (χ4v) is 3.71. The fourth-order valence-electron chi connectivity index (χ4n) is 3.71. The quantitative estimate of drug-likeness (QED) is 0.786. The third-order valence-electron chi connectivity index (χ3n) is 5.30. The molecule has 1 atom stereocenters. The second-order valence-electron chi connectivity index (χ2n) is 7.76. The van der Waals surface area contributed by atoms with Gasteiger partial charge in [-0.3, -0.25) is 9.59 Å². The van der Waals surface area contributed by atoms with Gasteiger partial charge in [-0.2, -0.15) is 0 Å². The lowest BCUT2D eigenvalue weighted by Gasteiger charge is -2.30. The molecule has 0 saturated heterocycles. The van der Waals surface area contributed by atoms with Gasteiger partial charge in [0, 0.05) is 37.7 Å². The smallest absolute Gasteiger partial charge is 0.251 e. The van der Waals surface area contributed by atoms with Gasteiger partial charge in [0.2, 0.25) is 5.91 Å². The van der Waals surface area contributed by atoms with Crippen molar-refractivity contribution in [3.05, 3.63) is 35.4 Å². The van der Waals surface area contributed by atoms with Crippen LogP contribution < -0.4 is 11.1 Å². The topological polar surface area (TPSA) is 75.4 Å². The second kappa shape index (κ2) is 9.72. The second-order valence-corrected chi connectivity index (χ2v) is 7.76. The van der Waals surface area contributed by atoms with Gasteiger partial charge in [-0.25, -0.2) is 0 Å². The van der Waals surface area contributed by atoms with Crippen molar-refractivity contribution in [2.45, 2.75) is 58.5 Å². The van der Waals surface area contributed by atoms with Crippen molar-refractivity contribution in [3.63, 3.8) is 0 Å². The number of rotatable bonds is 7. The zero-order valence-corrected chi connectivity index (χ0v) is 16.3. The molecule has 0 radical (unpaired) electrons. The van der Waals surface area contributed by atoms with Gasteiger partial charge < -0.3 is 16.0 Å². The Morgan fingerprint density at radius 3 is 2.31 bits per heavy atom. The standard InChI is InChI=1S/C21H33N3O2/c1-15(2)21(26)24(3)14-16-9-11-18(12-10-16)20(25)23-19(13-22)17-7-5-4-6-8-17/h9-12,15,17,19H,4-8,13-14,22H2,1-3H3,(H,23,25). The van der Waals surface area contributed by atoms with E-state index in [4.69, 9.17) is 5.73 Å². The number of carbonyl (C=O) groups is 2. The number of benzene rings is 1. The highest BCUT2D eigenvalue weighted by Gasteiger charge is 2.24. The summed E-state index contributed by atoms with van der Waals surface area (Å²) in [6, 6.07) is 7.53. The molecule has 5 nitrogen and oxygen atoms in total. The molecule has 144 valence electrons. The van der Waals surface area contributed by atoms with Gasteiger partial charge in [0.15, 0.2) is 0 Å². The van der Waals surface area contributed by atoms with Crippen molar-refractivity contribution in [1.29, 1.82) is 0 Å². The van der Waals surface area contributed by atoms with Crippen molar-refractivity contribution in [2.24, 2.45) is 17.6 Å². The number of hydrogen-bond acceptors (Lipinski definition) is 3. The Morgan fingerprint density at radius 1 is 1.15 bits per heavy atom. The summed E-state index contributed by atoms with van der Waals surface area (Å²) in [5.41, 5.74) is 7.56. The Balaban J connectivity index is 1.94. The first-order valence-electron chi connectivity index (χ1n) is 9.77. The van der Waals surface area contributed by atoms with E-state index in [1.54, 1.807) is 11.9 Å². The Labute approximate surface area is 157 Å². The monoisotopic (exact) mass is 359 g/mol. The Kier molecular flexibility index (Phi) is 7.64. The van der Waals surface area contributed by atoms with Crippen LogP contribution in [0.5, 0.6) is 0 Å². The lowest BCUT2D eigenvalue weighted by atomic mass is 9.84. The van der Waals surface area contributed by atoms with Crippen molar-refractivity contribution in [3.8, 4) is 0 Å². The van der Waals surface area contributed by atoms with E-state index in [2.05, 4.69) is 5.32 Å². The van der Waals surface area contributed by atoms with E-state index in [1.807, 2.05) is 38.1 Å². The number of nitrogens with one attached hydrogen (secondary N) is 1. The fraction of sp³-hybridized carbons (Fsp3) is 0.619. The average Bonchev–Trinajstić information content (AvgIpc) is 2.66. The van der Waals surface area contributed by atoms with E-state index in [0.29, 0.717) is 24.6 Å². The summed E-state index contributed by atoms with van der Waals surface area (Å²) < 4.78 is 0. The van der Waals surface area contributed by atoms with Crippen LogP contribution in [0.25, 0.3) is 0 Å². The normalized spacial score (nSPS) is 16.3. The lowest BCUT2D eigenvalue weighted by Crippen LogP contribution is -2.45. The van der Waals surface area contributed by atoms with Crippen LogP contribution in [-0.2, 0) is 11.3 Å². The minimum absolute atomic E-state index is 0.0157. The van der Waals surface area contributed by atoms with E-state index < -0.39 is 0 Å². The lowest BCUT2D eigenvalue weighted by molar-refractivity contribution is -0.133. The zero-order valence-electron chi connectivity index (χ0n) is 16.3. The summed E-state index contributed by atoms with van der Waals surface area (Å²) >= 11 is 0. The molecule has 1 saturated carbocycles. The number of nitrogens with zero attached hydrogens (tertiary/aromatic N) is 1. The number of carbonyl (C=O) groups excluding carboxylic acids is 2. The molecule has 0 heterocycles. The van der Waals surface area contributed by atoms with Gasteiger partial charge in [0.05, 0.1) is 0 Å². The number of nitrogens with two attached hydrogens (primary N) is 1. The van der Waals surface area contributed by atoms with Gasteiger partial charge in [-0.1, -0.05) is 45.2 Å². The highest BCUT2D eigenvalue weighted by molar-refractivity contribution is 5.94. The third kappa shape index (κ3) is 5.56. The van der Waals surface area contributed by atoms with Crippen LogP contribution >= 0.6 is 0 Å². The van der Waals surface area contributed by atoms with E-state index in [-0.39, 0.29) is 23.8 Å². The first kappa shape index (κ1) is 20.4. The van der Waals surface area contributed by atoms with Crippen LogP contribution in [-0.4, -0.2) is 36.3 Å². The molecule has 1 aromatic carbocycles. The summed E-state index contributed by atoms with van der Waals surface area (Å²) in [4.78, 5) is 26.2. The Bertz CT molecular complexity index is 592. The Morgan fingerprint density at radius 2 is 1.77 bits per heavy atom. The van der Waals surface area contributed by atoms with Gasteiger partial charge in [0.25, 0.3) is 5.91 Å². The summed E-state index contributed by atoms with van der Waals surface area (Å²) in [5, 5.41) is 3.12. The summed E-state index contributed by atoms with van der Waals surface area (Å²) in [6.45, 7) is 4.82. The maximum atomic E-state index is 12.6. The van der Waals surface area contributed by atoms with Crippen LogP contribution in [0.3, 0.4) is 0 Å². The molecule has 1 aliphatic carbocycles. The van der Waals surface area contributed by atoms with Crippen LogP contribution in [0.2, 0.25) is 0 Å². The first-order chi connectivity index (χ1) is 12.4. The molecule has 5 heteroatoms. The zero-order chi connectivity index (χ0) is 19.1. The number of hydrogen-bond donors (Lipinski definition) is 2. The molecule has 1 fully saturated rings. The van der Waals surface area contributed by atoms with Crippen LogP contribution in [0, 0.1) is 11.8 Å². The average molecular weight is 360 g/mol. The summed E-state index contributed by atoms with van der Waals surface area (Å²) in [5.74, 6) is 0.528. The predicted octanol–water partition coefficient (Wildman–Crippen LogP) is 2.94. The molecular weight excluding hydrogens is 326 g/mol. The molecule has 0 aliphatic heterocycles. The Hall–Kier alpha value is -1.88. The minimum atomic E-state index is -0.0656. The van der Waals surface area contributed by atoms with Crippen LogP contribution in [0.1, 0.15) is 61.9 Å². The maximum absolute atomic E-state index is 12.6. The van der Waals surface area contributed by atoms with Crippen molar-refractivity contribution >= 4 is 11.8 Å². The molecule has 1 aromatic rings. The van der Waals surface area contributed by atoms with Crippen LogP contribution in [0.15, 0.2) is 24.3 Å². The van der Waals surface area contributed by atoms with Crippen LogP contribution in [0.4, 0.5) is 0 Å². The van der Waals surface area contributed by atoms with E-state index in [9.17, 15) is 9.59 Å². The van der Waals surface area contributed by atoms with Gasteiger partial charge in [-0.05, 0) is 36.5 Å². The molecule has 1 aliphatic rings. The highest BCUT2D eigenvalue weighted by atomic mass is 16.2. The maximum Gasteiger partial charge on any atom is 0.251 e. The minimum Gasteiger partial charge on any atom is -0.348 e. The molecule has 2 amide bonds. The van der Waals surface area contributed by atoms with Crippen molar-refractivity contribution in [2.75, 3.05) is 13.6 Å². The van der Waals surface area contributed by atoms with Crippen molar-refractivity contribution in [1.82, 2.24) is 10.2 Å². The van der Waals surface area contributed by atoms with E-state index in [0.717, 1.165) is 18.4 Å². The number of amides is 2. The van der Waals surface area contributed by atoms with E-state index in [1.165, 1.54) is 19.3 Å².